The predicted octanol–water partition coefficient (Wildman–Crippen LogP) is 3.66. The Labute approximate surface area is 159 Å². The van der Waals surface area contributed by atoms with Gasteiger partial charge in [0.2, 0.25) is 0 Å². The van der Waals surface area contributed by atoms with Crippen molar-refractivity contribution in [2.45, 2.75) is 46.1 Å². The van der Waals surface area contributed by atoms with E-state index in [1.807, 2.05) is 56.3 Å². The van der Waals surface area contributed by atoms with E-state index >= 15 is 0 Å². The summed E-state index contributed by atoms with van der Waals surface area (Å²) in [6, 6.07) is 13.4. The van der Waals surface area contributed by atoms with Crippen molar-refractivity contribution in [3.05, 3.63) is 65.1 Å². The number of nitrogens with one attached hydrogen (secondary N) is 2. The Balaban J connectivity index is 1.62. The summed E-state index contributed by atoms with van der Waals surface area (Å²) >= 11 is 0. The van der Waals surface area contributed by atoms with E-state index in [1.165, 1.54) is 0 Å². The van der Waals surface area contributed by atoms with Gasteiger partial charge < -0.3 is 5.32 Å². The van der Waals surface area contributed by atoms with Gasteiger partial charge in [0.25, 0.3) is 5.91 Å². The highest BCUT2D eigenvalue weighted by atomic mass is 16.1. The molecule has 1 aromatic carbocycles. The molecule has 0 saturated heterocycles. The molecule has 0 radical (unpaired) electrons. The molecule has 0 saturated carbocycles. The zero-order valence-electron chi connectivity index (χ0n) is 16.2. The van der Waals surface area contributed by atoms with E-state index < -0.39 is 0 Å². The van der Waals surface area contributed by atoms with E-state index in [9.17, 15) is 4.79 Å². The fourth-order valence-electron chi connectivity index (χ4n) is 2.85. The van der Waals surface area contributed by atoms with Crippen LogP contribution >= 0.6 is 0 Å². The molecule has 1 atom stereocenters. The molecule has 0 unspecified atom stereocenters. The van der Waals surface area contributed by atoms with Crippen LogP contribution in [0.3, 0.4) is 0 Å². The van der Waals surface area contributed by atoms with Crippen molar-refractivity contribution in [3.63, 3.8) is 0 Å². The molecule has 0 aliphatic carbocycles. The second-order valence-corrected chi connectivity index (χ2v) is 7.20. The molecule has 1 amide bonds. The number of aromatic nitrogens is 4. The number of carbonyl (C=O) groups is 1. The minimum absolute atomic E-state index is 0.00526. The number of carbonyl (C=O) groups excluding carboxylic acids is 1. The van der Waals surface area contributed by atoms with Crippen LogP contribution in [0.15, 0.2) is 42.5 Å². The average molecular weight is 363 g/mol. The van der Waals surface area contributed by atoms with Crippen LogP contribution in [0.25, 0.3) is 11.3 Å². The summed E-state index contributed by atoms with van der Waals surface area (Å²) in [5.41, 5.74) is 5.29. The van der Waals surface area contributed by atoms with E-state index in [0.29, 0.717) is 17.9 Å². The van der Waals surface area contributed by atoms with Gasteiger partial charge in [-0.05, 0) is 50.1 Å². The number of hydrogen-bond donors (Lipinski definition) is 2. The van der Waals surface area contributed by atoms with Gasteiger partial charge in [-0.15, -0.1) is 0 Å². The molecule has 0 fully saturated rings. The van der Waals surface area contributed by atoms with Gasteiger partial charge in [0, 0.05) is 29.3 Å². The van der Waals surface area contributed by atoms with Gasteiger partial charge in [0.1, 0.15) is 0 Å². The summed E-state index contributed by atoms with van der Waals surface area (Å²) in [6.07, 6.45) is 0.686. The smallest absolute Gasteiger partial charge is 0.251 e. The van der Waals surface area contributed by atoms with E-state index in [1.54, 1.807) is 0 Å². The molecule has 6 heteroatoms. The number of benzene rings is 1. The Kier molecular flexibility index (Phi) is 5.64. The second kappa shape index (κ2) is 8.12. The number of H-pyrrole nitrogens is 1. The first-order chi connectivity index (χ1) is 12.9. The van der Waals surface area contributed by atoms with Crippen LogP contribution in [0.1, 0.15) is 54.1 Å². The van der Waals surface area contributed by atoms with Gasteiger partial charge in [0.05, 0.1) is 17.1 Å². The van der Waals surface area contributed by atoms with Crippen LogP contribution in [0.2, 0.25) is 0 Å². The first-order valence-electron chi connectivity index (χ1n) is 9.18. The Bertz CT molecular complexity index is 897. The highest BCUT2D eigenvalue weighted by molar-refractivity contribution is 5.94. The van der Waals surface area contributed by atoms with Gasteiger partial charge >= 0.3 is 0 Å². The lowest BCUT2D eigenvalue weighted by molar-refractivity contribution is 0.0940. The molecule has 3 aromatic rings. The van der Waals surface area contributed by atoms with Crippen molar-refractivity contribution in [3.8, 4) is 11.3 Å². The summed E-state index contributed by atoms with van der Waals surface area (Å²) < 4.78 is 0. The van der Waals surface area contributed by atoms with E-state index in [2.05, 4.69) is 39.6 Å². The molecule has 0 bridgehead atoms. The molecule has 2 N–H and O–H groups in total. The maximum absolute atomic E-state index is 12.5. The maximum atomic E-state index is 12.5. The van der Waals surface area contributed by atoms with Crippen LogP contribution in [0, 0.1) is 6.92 Å². The highest BCUT2D eigenvalue weighted by Gasteiger charge is 2.12. The van der Waals surface area contributed by atoms with E-state index in [-0.39, 0.29) is 11.9 Å². The second-order valence-electron chi connectivity index (χ2n) is 7.20. The monoisotopic (exact) mass is 363 g/mol. The van der Waals surface area contributed by atoms with Gasteiger partial charge in [-0.3, -0.25) is 9.89 Å². The van der Waals surface area contributed by atoms with Crippen LogP contribution in [0.4, 0.5) is 0 Å². The molecule has 140 valence electrons. The fraction of sp³-hybridized carbons (Fsp3) is 0.333. The molecule has 3 rings (SSSR count). The van der Waals surface area contributed by atoms with Crippen LogP contribution in [-0.4, -0.2) is 32.3 Å². The van der Waals surface area contributed by atoms with Crippen LogP contribution in [0.5, 0.6) is 0 Å². The van der Waals surface area contributed by atoms with Crippen LogP contribution in [-0.2, 0) is 6.42 Å². The SMILES string of the molecule is Cc1cc(C[C@H](C)NC(=O)c2ccc(-c3ccc(C(C)C)nn3)cc2)n[nH]1. The zero-order chi connectivity index (χ0) is 19.4. The molecule has 2 heterocycles. The predicted molar refractivity (Wildman–Crippen MR) is 106 cm³/mol. The fourth-order valence-corrected chi connectivity index (χ4v) is 2.85. The summed E-state index contributed by atoms with van der Waals surface area (Å²) in [7, 11) is 0. The Morgan fingerprint density at radius 3 is 2.37 bits per heavy atom. The number of rotatable bonds is 6. The van der Waals surface area contributed by atoms with Crippen molar-refractivity contribution in [2.24, 2.45) is 0 Å². The lowest BCUT2D eigenvalue weighted by atomic mass is 10.1. The third-order valence-corrected chi connectivity index (χ3v) is 4.37. The minimum atomic E-state index is -0.0949. The van der Waals surface area contributed by atoms with Crippen molar-refractivity contribution in [2.75, 3.05) is 0 Å². The molecule has 0 aliphatic rings. The van der Waals surface area contributed by atoms with Crippen molar-refractivity contribution < 1.29 is 4.79 Å². The maximum Gasteiger partial charge on any atom is 0.251 e. The molecule has 2 aromatic heterocycles. The third-order valence-electron chi connectivity index (χ3n) is 4.37. The van der Waals surface area contributed by atoms with E-state index in [0.717, 1.165) is 28.3 Å². The van der Waals surface area contributed by atoms with Gasteiger partial charge in [-0.2, -0.15) is 15.3 Å². The highest BCUT2D eigenvalue weighted by Crippen LogP contribution is 2.19. The Hall–Kier alpha value is -3.02. The summed E-state index contributed by atoms with van der Waals surface area (Å²) in [4.78, 5) is 12.5. The van der Waals surface area contributed by atoms with Crippen molar-refractivity contribution >= 4 is 5.91 Å². The molecule has 0 spiro atoms. The lowest BCUT2D eigenvalue weighted by Crippen LogP contribution is -2.34. The normalized spacial score (nSPS) is 12.2. The molecule has 6 nitrogen and oxygen atoms in total. The minimum Gasteiger partial charge on any atom is -0.349 e. The molecular weight excluding hydrogens is 338 g/mol. The first-order valence-corrected chi connectivity index (χ1v) is 9.18. The molecule has 0 aliphatic heterocycles. The molecular formula is C21H25N5O. The lowest BCUT2D eigenvalue weighted by Gasteiger charge is -2.13. The standard InChI is InChI=1S/C21H25N5O/c1-13(2)19-9-10-20(26-25-19)16-5-7-17(8-6-16)21(27)22-14(3)11-18-12-15(4)23-24-18/h5-10,12-14H,11H2,1-4H3,(H,22,27)(H,23,24)/t14-/m0/s1. The summed E-state index contributed by atoms with van der Waals surface area (Å²) in [6.45, 7) is 8.11. The van der Waals surface area contributed by atoms with E-state index in [4.69, 9.17) is 0 Å². The summed E-state index contributed by atoms with van der Waals surface area (Å²) in [5, 5.41) is 18.7. The Morgan fingerprint density at radius 2 is 1.81 bits per heavy atom. The van der Waals surface area contributed by atoms with Gasteiger partial charge in [-0.25, -0.2) is 0 Å². The van der Waals surface area contributed by atoms with Gasteiger partial charge in [0.15, 0.2) is 0 Å². The first kappa shape index (κ1) is 18.8. The zero-order valence-corrected chi connectivity index (χ0v) is 16.2. The van der Waals surface area contributed by atoms with Crippen molar-refractivity contribution in [1.82, 2.24) is 25.7 Å². The van der Waals surface area contributed by atoms with Crippen LogP contribution < -0.4 is 5.32 Å². The number of aromatic amines is 1. The number of aryl methyl sites for hydroxylation is 1. The average Bonchev–Trinajstić information content (AvgIpc) is 3.06. The Morgan fingerprint density at radius 1 is 1.07 bits per heavy atom. The van der Waals surface area contributed by atoms with Crippen molar-refractivity contribution in [1.29, 1.82) is 0 Å². The topological polar surface area (TPSA) is 83.6 Å². The van der Waals surface area contributed by atoms with Gasteiger partial charge in [-0.1, -0.05) is 26.0 Å². The quantitative estimate of drug-likeness (QED) is 0.700. The number of nitrogens with zero attached hydrogens (tertiary/aromatic N) is 3. The largest absolute Gasteiger partial charge is 0.349 e. The number of amides is 1. The third kappa shape index (κ3) is 4.78. The molecule has 27 heavy (non-hydrogen) atoms. The number of hydrogen-bond acceptors (Lipinski definition) is 4. The summed E-state index contributed by atoms with van der Waals surface area (Å²) in [5.74, 6) is 0.257.